The molecule has 0 N–H and O–H groups in total. The van der Waals surface area contributed by atoms with Gasteiger partial charge in [0.2, 0.25) is 0 Å². The molecule has 11 rings (SSSR count). The van der Waals surface area contributed by atoms with E-state index < -0.39 is 0 Å². The molecular weight excluding hydrogens is 645 g/mol. The molecule has 0 atom stereocenters. The lowest BCUT2D eigenvalue weighted by atomic mass is 10.1. The Morgan fingerprint density at radius 2 is 0.700 bits per heavy atom. The van der Waals surface area contributed by atoms with Crippen LogP contribution in [0.25, 0.3) is 96.0 Å². The van der Waals surface area contributed by atoms with Gasteiger partial charge in [-0.15, -0.1) is 22.7 Å². The minimum absolute atomic E-state index is 1.19. The van der Waals surface area contributed by atoms with Gasteiger partial charge in [-0.1, -0.05) is 84.9 Å². The van der Waals surface area contributed by atoms with Gasteiger partial charge in [0.05, 0.1) is 22.1 Å². The first-order chi connectivity index (χ1) is 24.8. The first kappa shape index (κ1) is 28.0. The molecule has 4 heterocycles. The zero-order valence-electron chi connectivity index (χ0n) is 26.9. The molecule has 11 aromatic rings. The van der Waals surface area contributed by atoms with Gasteiger partial charge in [0, 0.05) is 62.8 Å². The molecule has 0 aliphatic heterocycles. The molecule has 4 heteroatoms. The average molecular weight is 673 g/mol. The van der Waals surface area contributed by atoms with Gasteiger partial charge < -0.3 is 9.13 Å². The summed E-state index contributed by atoms with van der Waals surface area (Å²) < 4.78 is 7.41. The lowest BCUT2D eigenvalue weighted by Gasteiger charge is -2.07. The van der Waals surface area contributed by atoms with Crippen LogP contribution in [0.1, 0.15) is 0 Å². The molecule has 7 aromatic carbocycles. The van der Waals surface area contributed by atoms with Crippen molar-refractivity contribution in [3.63, 3.8) is 0 Å². The number of rotatable bonds is 4. The van der Waals surface area contributed by atoms with Crippen LogP contribution in [0.3, 0.4) is 0 Å². The van der Waals surface area contributed by atoms with E-state index in [1.807, 2.05) is 22.7 Å². The summed E-state index contributed by atoms with van der Waals surface area (Å²) in [6.45, 7) is 0. The number of benzene rings is 7. The molecule has 0 aliphatic carbocycles. The maximum absolute atomic E-state index is 2.41. The van der Waals surface area contributed by atoms with Crippen molar-refractivity contribution < 1.29 is 0 Å². The molecule has 50 heavy (non-hydrogen) atoms. The number of hydrogen-bond acceptors (Lipinski definition) is 2. The zero-order chi connectivity index (χ0) is 32.8. The maximum Gasteiger partial charge on any atom is 0.0541 e. The SMILES string of the molecule is c1ccc(-n2c3ccccc3c3cc(-c4cc5c(ccc6sc(-c7ccc8c(c7)c7ccccc7n8-c7ccccc7)cc65)s4)ccc32)cc1. The molecule has 0 saturated heterocycles. The minimum Gasteiger partial charge on any atom is -0.309 e. The maximum atomic E-state index is 2.41. The van der Waals surface area contributed by atoms with Crippen molar-refractivity contribution in [2.75, 3.05) is 0 Å². The summed E-state index contributed by atoms with van der Waals surface area (Å²) in [7, 11) is 0. The second-order valence-electron chi connectivity index (χ2n) is 13.0. The number of para-hydroxylation sites is 4. The van der Waals surface area contributed by atoms with E-state index in [1.54, 1.807) is 0 Å². The van der Waals surface area contributed by atoms with Crippen LogP contribution in [-0.4, -0.2) is 9.13 Å². The monoisotopic (exact) mass is 672 g/mol. The van der Waals surface area contributed by atoms with Gasteiger partial charge in [0.1, 0.15) is 0 Å². The normalized spacial score (nSPS) is 12.0. The van der Waals surface area contributed by atoms with E-state index in [2.05, 4.69) is 179 Å². The Balaban J connectivity index is 1.04. The van der Waals surface area contributed by atoms with Crippen LogP contribution >= 0.6 is 22.7 Å². The number of aromatic nitrogens is 2. The third kappa shape index (κ3) is 4.13. The number of fused-ring (bicyclic) bond motifs is 9. The van der Waals surface area contributed by atoms with Gasteiger partial charge in [-0.3, -0.25) is 0 Å². The standard InChI is InChI=1S/C46H28N2S2/c1-3-11-31(12-4-1)47-39-17-9-7-15-33(39)35-25-29(19-21-41(35)47)45-27-37-38-28-46(50-44(38)24-23-43(37)49-45)30-20-22-42-36(26-30)34-16-8-10-18-40(34)48(42)32-13-5-2-6-14-32/h1-28H. The fraction of sp³-hybridized carbons (Fsp3) is 0. The number of nitrogens with zero attached hydrogens (tertiary/aromatic N) is 2. The van der Waals surface area contributed by atoms with Crippen molar-refractivity contribution in [2.45, 2.75) is 0 Å². The van der Waals surface area contributed by atoms with E-state index in [0.29, 0.717) is 0 Å². The predicted octanol–water partition coefficient (Wildman–Crippen LogP) is 13.6. The van der Waals surface area contributed by atoms with Gasteiger partial charge in [0.15, 0.2) is 0 Å². The molecule has 0 spiro atoms. The number of hydrogen-bond donors (Lipinski definition) is 0. The third-order valence-electron chi connectivity index (χ3n) is 10.1. The van der Waals surface area contributed by atoms with E-state index >= 15 is 0 Å². The molecule has 0 unspecified atom stereocenters. The average Bonchev–Trinajstić information content (AvgIpc) is 3.95. The van der Waals surface area contributed by atoms with E-state index in [4.69, 9.17) is 0 Å². The molecule has 0 aliphatic rings. The van der Waals surface area contributed by atoms with E-state index in [9.17, 15) is 0 Å². The predicted molar refractivity (Wildman–Crippen MR) is 217 cm³/mol. The Morgan fingerprint density at radius 3 is 1.16 bits per heavy atom. The van der Waals surface area contributed by atoms with E-state index in [-0.39, 0.29) is 0 Å². The summed E-state index contributed by atoms with van der Waals surface area (Å²) in [4.78, 5) is 2.60. The summed E-state index contributed by atoms with van der Waals surface area (Å²) >= 11 is 3.77. The highest BCUT2D eigenvalue weighted by Crippen LogP contribution is 2.44. The highest BCUT2D eigenvalue weighted by molar-refractivity contribution is 7.24. The Hall–Kier alpha value is -5.94. The summed E-state index contributed by atoms with van der Waals surface area (Å²) in [5.41, 5.74) is 9.83. The van der Waals surface area contributed by atoms with Crippen LogP contribution < -0.4 is 0 Å². The molecular formula is C46H28N2S2. The van der Waals surface area contributed by atoms with Crippen molar-refractivity contribution in [1.82, 2.24) is 9.13 Å². The van der Waals surface area contributed by atoms with Gasteiger partial charge >= 0.3 is 0 Å². The molecule has 2 nitrogen and oxygen atoms in total. The summed E-state index contributed by atoms with van der Waals surface area (Å²) in [5, 5.41) is 7.79. The van der Waals surface area contributed by atoms with Crippen LogP contribution in [0.4, 0.5) is 0 Å². The largest absolute Gasteiger partial charge is 0.309 e. The van der Waals surface area contributed by atoms with Gasteiger partial charge in [0.25, 0.3) is 0 Å². The van der Waals surface area contributed by atoms with E-state index in [0.717, 1.165) is 0 Å². The molecule has 0 bridgehead atoms. The van der Waals surface area contributed by atoms with Gasteiger partial charge in [-0.25, -0.2) is 0 Å². The topological polar surface area (TPSA) is 9.86 Å². The van der Waals surface area contributed by atoms with Crippen molar-refractivity contribution in [3.05, 3.63) is 170 Å². The molecule has 234 valence electrons. The molecule has 0 radical (unpaired) electrons. The lowest BCUT2D eigenvalue weighted by molar-refractivity contribution is 1.18. The fourth-order valence-corrected chi connectivity index (χ4v) is 10.0. The first-order valence-electron chi connectivity index (χ1n) is 16.9. The second kappa shape index (κ2) is 10.8. The first-order valence-corrected chi connectivity index (χ1v) is 18.6. The Morgan fingerprint density at radius 1 is 0.300 bits per heavy atom. The molecule has 0 amide bonds. The van der Waals surface area contributed by atoms with Crippen LogP contribution in [0, 0.1) is 0 Å². The Kier molecular flexibility index (Phi) is 6.03. The van der Waals surface area contributed by atoms with Crippen LogP contribution in [0.5, 0.6) is 0 Å². The minimum atomic E-state index is 1.19. The second-order valence-corrected chi connectivity index (χ2v) is 15.1. The molecule has 4 aromatic heterocycles. The highest BCUT2D eigenvalue weighted by Gasteiger charge is 2.17. The lowest BCUT2D eigenvalue weighted by Crippen LogP contribution is -1.92. The zero-order valence-corrected chi connectivity index (χ0v) is 28.5. The smallest absolute Gasteiger partial charge is 0.0541 e. The van der Waals surface area contributed by atoms with Crippen molar-refractivity contribution in [3.8, 4) is 32.3 Å². The summed E-state index contributed by atoms with van der Waals surface area (Å²) in [6.07, 6.45) is 0. The van der Waals surface area contributed by atoms with E-state index in [1.165, 1.54) is 96.0 Å². The Labute approximate surface area is 296 Å². The fourth-order valence-electron chi connectivity index (χ4n) is 7.88. The molecule has 0 fully saturated rings. The Bertz CT molecular complexity index is 2870. The van der Waals surface area contributed by atoms with Crippen molar-refractivity contribution in [1.29, 1.82) is 0 Å². The van der Waals surface area contributed by atoms with Crippen molar-refractivity contribution >= 4 is 86.5 Å². The molecule has 0 saturated carbocycles. The third-order valence-corrected chi connectivity index (χ3v) is 12.4. The quantitative estimate of drug-likeness (QED) is 0.176. The number of thiophene rings is 2. The van der Waals surface area contributed by atoms with Crippen LogP contribution in [-0.2, 0) is 0 Å². The van der Waals surface area contributed by atoms with Crippen molar-refractivity contribution in [2.24, 2.45) is 0 Å². The van der Waals surface area contributed by atoms with Gasteiger partial charge in [-0.05, 0) is 96.1 Å². The van der Waals surface area contributed by atoms with Crippen LogP contribution in [0.2, 0.25) is 0 Å². The van der Waals surface area contributed by atoms with Gasteiger partial charge in [-0.2, -0.15) is 0 Å². The summed E-state index contributed by atoms with van der Waals surface area (Å²) in [5.74, 6) is 0. The van der Waals surface area contributed by atoms with Crippen LogP contribution in [0.15, 0.2) is 170 Å². The highest BCUT2D eigenvalue weighted by atomic mass is 32.1. The summed E-state index contributed by atoms with van der Waals surface area (Å²) in [6, 6.07) is 62.3.